The molecule has 0 spiro atoms. The largest absolute Gasteiger partial charge is 0.390 e. The highest BCUT2D eigenvalue weighted by Gasteiger charge is 2.80. The summed E-state index contributed by atoms with van der Waals surface area (Å²) < 4.78 is 59.7. The van der Waals surface area contributed by atoms with Crippen molar-refractivity contribution in [3.05, 3.63) is 23.6 Å². The van der Waals surface area contributed by atoms with Crippen LogP contribution in [0, 0.1) is 22.7 Å². The summed E-state index contributed by atoms with van der Waals surface area (Å²) in [7, 11) is 0. The Hall–Kier alpha value is -1.22. The monoisotopic (exact) mass is 488 g/mol. The van der Waals surface area contributed by atoms with Gasteiger partial charge in [-0.1, -0.05) is 13.0 Å². The molecule has 0 amide bonds. The van der Waals surface area contributed by atoms with E-state index >= 15 is 8.78 Å². The van der Waals surface area contributed by atoms with E-state index < -0.39 is 87.5 Å². The summed E-state index contributed by atoms with van der Waals surface area (Å²) >= 11 is 5.98. The van der Waals surface area contributed by atoms with E-state index in [2.05, 4.69) is 0 Å². The van der Waals surface area contributed by atoms with Gasteiger partial charge in [0.25, 0.3) is 0 Å². The normalized spacial score (nSPS) is 52.3. The minimum Gasteiger partial charge on any atom is -0.390 e. The maximum atomic E-state index is 17.2. The number of fused-ring (bicyclic) bond motifs is 7. The third-order valence-electron chi connectivity index (χ3n) is 9.23. The number of allylic oxidation sites excluding steroid dienone is 4. The van der Waals surface area contributed by atoms with Crippen molar-refractivity contribution in [2.24, 2.45) is 22.7 Å². The fraction of sp³-hybridized carbons (Fsp3) is 0.750. The van der Waals surface area contributed by atoms with Crippen LogP contribution < -0.4 is 0 Å². The number of Topliss-reactive ketones (excluding diaryl/α,β-unsaturated/α-hetero) is 1. The summed E-state index contributed by atoms with van der Waals surface area (Å²) in [4.78, 5) is 25.2. The van der Waals surface area contributed by atoms with Gasteiger partial charge in [0.15, 0.2) is 28.7 Å². The number of carbonyl (C=O) groups excluding carboxylic acids is 2. The van der Waals surface area contributed by atoms with Crippen LogP contribution in [0.1, 0.15) is 47.0 Å². The molecule has 5 nitrogen and oxygen atoms in total. The van der Waals surface area contributed by atoms with E-state index in [4.69, 9.17) is 21.1 Å². The molecule has 0 unspecified atom stereocenters. The first-order valence-electron chi connectivity index (χ1n) is 11.3. The Kier molecular flexibility index (Phi) is 4.78. The molecule has 4 aliphatic carbocycles. The SMILES string of the molecule is CC1(C)O[C@@H]2C[C@H]3[C@@H]4C[C@H](F)C5=C(F)C(=O)C=C[C@]5(C)[C@@]4(F)[C@@H](O)C[C@]3(C)[C@]2(C(=O)CCl)O1. The van der Waals surface area contributed by atoms with E-state index in [1.54, 1.807) is 20.8 Å². The Morgan fingerprint density at radius 1 is 1.24 bits per heavy atom. The second-order valence-electron chi connectivity index (χ2n) is 11.1. The number of rotatable bonds is 2. The van der Waals surface area contributed by atoms with E-state index in [1.807, 2.05) is 0 Å². The van der Waals surface area contributed by atoms with Crippen molar-refractivity contribution in [2.75, 3.05) is 5.88 Å². The molecule has 5 rings (SSSR count). The number of aliphatic hydroxyl groups excluding tert-OH is 1. The Balaban J connectivity index is 1.67. The minimum absolute atomic E-state index is 0.188. The van der Waals surface area contributed by atoms with Crippen molar-refractivity contribution in [3.63, 3.8) is 0 Å². The summed E-state index contributed by atoms with van der Waals surface area (Å²) in [6.45, 7) is 6.43. The van der Waals surface area contributed by atoms with Gasteiger partial charge in [-0.3, -0.25) is 9.59 Å². The molecule has 0 aromatic heterocycles. The average molecular weight is 489 g/mol. The second kappa shape index (κ2) is 6.71. The number of aliphatic hydroxyl groups is 1. The molecule has 3 saturated carbocycles. The van der Waals surface area contributed by atoms with Gasteiger partial charge in [-0.2, -0.15) is 0 Å². The molecule has 33 heavy (non-hydrogen) atoms. The molecule has 1 saturated heterocycles. The quantitative estimate of drug-likeness (QED) is 0.597. The lowest BCUT2D eigenvalue weighted by molar-refractivity contribution is -0.248. The van der Waals surface area contributed by atoms with Crippen LogP contribution in [-0.2, 0) is 19.1 Å². The fourth-order valence-corrected chi connectivity index (χ4v) is 8.19. The van der Waals surface area contributed by atoms with Crippen molar-refractivity contribution in [2.45, 2.75) is 82.4 Å². The van der Waals surface area contributed by atoms with Gasteiger partial charge in [0, 0.05) is 22.3 Å². The molecule has 9 heteroatoms. The maximum absolute atomic E-state index is 17.2. The molecule has 4 fully saturated rings. The molecule has 182 valence electrons. The molecule has 0 aromatic carbocycles. The van der Waals surface area contributed by atoms with E-state index in [1.165, 1.54) is 13.0 Å². The Bertz CT molecular complexity index is 1010. The predicted octanol–water partition coefficient (Wildman–Crippen LogP) is 3.91. The first-order valence-corrected chi connectivity index (χ1v) is 11.8. The first-order chi connectivity index (χ1) is 15.2. The molecular weight excluding hydrogens is 461 g/mol. The van der Waals surface area contributed by atoms with Gasteiger partial charge < -0.3 is 14.6 Å². The molecule has 5 aliphatic rings. The Labute approximate surface area is 195 Å². The fourth-order valence-electron chi connectivity index (χ4n) is 7.99. The number of ether oxygens (including phenoxy) is 2. The van der Waals surface area contributed by atoms with E-state index in [-0.39, 0.29) is 18.7 Å². The summed E-state index contributed by atoms with van der Waals surface area (Å²) in [6.07, 6.45) is -2.64. The van der Waals surface area contributed by atoms with Gasteiger partial charge in [0.05, 0.1) is 18.1 Å². The van der Waals surface area contributed by atoms with Crippen molar-refractivity contribution in [3.8, 4) is 0 Å². The number of carbonyl (C=O) groups is 2. The second-order valence-corrected chi connectivity index (χ2v) is 11.4. The number of hydrogen-bond acceptors (Lipinski definition) is 5. The summed E-state index contributed by atoms with van der Waals surface area (Å²) in [6, 6.07) is 0. The van der Waals surface area contributed by atoms with E-state index in [0.717, 1.165) is 6.08 Å². The maximum Gasteiger partial charge on any atom is 0.213 e. The zero-order valence-corrected chi connectivity index (χ0v) is 19.7. The molecule has 1 heterocycles. The summed E-state index contributed by atoms with van der Waals surface area (Å²) in [5.74, 6) is -5.85. The Morgan fingerprint density at radius 3 is 2.55 bits per heavy atom. The van der Waals surface area contributed by atoms with Crippen molar-refractivity contribution in [1.29, 1.82) is 0 Å². The van der Waals surface area contributed by atoms with Gasteiger partial charge >= 0.3 is 0 Å². The van der Waals surface area contributed by atoms with Crippen LogP contribution in [-0.4, -0.2) is 58.0 Å². The van der Waals surface area contributed by atoms with Gasteiger partial charge in [-0.15, -0.1) is 11.6 Å². The average Bonchev–Trinajstić information content (AvgIpc) is 3.13. The van der Waals surface area contributed by atoms with Gasteiger partial charge in [0.1, 0.15) is 6.17 Å². The number of alkyl halides is 3. The molecule has 1 aliphatic heterocycles. The van der Waals surface area contributed by atoms with E-state index in [9.17, 15) is 19.1 Å². The van der Waals surface area contributed by atoms with Gasteiger partial charge in [-0.25, -0.2) is 13.2 Å². The highest BCUT2D eigenvalue weighted by atomic mass is 35.5. The number of ketones is 2. The zero-order chi connectivity index (χ0) is 24.4. The van der Waals surface area contributed by atoms with Crippen molar-refractivity contribution in [1.82, 2.24) is 0 Å². The third-order valence-corrected chi connectivity index (χ3v) is 9.48. The molecule has 0 bridgehead atoms. The zero-order valence-electron chi connectivity index (χ0n) is 19.0. The Morgan fingerprint density at radius 2 is 1.91 bits per heavy atom. The van der Waals surface area contributed by atoms with Crippen LogP contribution in [0.3, 0.4) is 0 Å². The molecule has 9 atom stereocenters. The van der Waals surface area contributed by atoms with Crippen LogP contribution in [0.25, 0.3) is 0 Å². The molecule has 1 N–H and O–H groups in total. The third kappa shape index (κ3) is 2.51. The highest BCUT2D eigenvalue weighted by Crippen LogP contribution is 2.72. The lowest BCUT2D eigenvalue weighted by Gasteiger charge is -2.63. The van der Waals surface area contributed by atoms with Crippen LogP contribution >= 0.6 is 11.6 Å². The number of halogens is 4. The number of hydrogen-bond donors (Lipinski definition) is 1. The standard InChI is InChI=1S/C24H28ClF3O5/c1-20(2)32-17-8-11-12-7-13(26)18-19(27)14(29)5-6-21(18,3)23(12,28)15(30)9-22(11,4)24(17,33-20)16(31)10-25/h5-6,11-13,15,17,30H,7-10H2,1-4H3/t11-,12-,13-,15-,17+,21-,22-,23-,24+/m0/s1. The first kappa shape index (κ1) is 23.5. The van der Waals surface area contributed by atoms with Crippen LogP contribution in [0.4, 0.5) is 13.2 Å². The molecular formula is C24H28ClF3O5. The molecule has 0 radical (unpaired) electrons. The molecule has 0 aromatic rings. The predicted molar refractivity (Wildman–Crippen MR) is 113 cm³/mol. The van der Waals surface area contributed by atoms with Crippen LogP contribution in [0.15, 0.2) is 23.6 Å². The van der Waals surface area contributed by atoms with Crippen molar-refractivity contribution < 1.29 is 37.3 Å². The van der Waals surface area contributed by atoms with Gasteiger partial charge in [-0.05, 0) is 52.0 Å². The summed E-state index contributed by atoms with van der Waals surface area (Å²) in [5, 5.41) is 11.3. The highest BCUT2D eigenvalue weighted by molar-refractivity contribution is 6.29. The van der Waals surface area contributed by atoms with Crippen LogP contribution in [0.2, 0.25) is 0 Å². The summed E-state index contributed by atoms with van der Waals surface area (Å²) in [5.41, 5.74) is -7.46. The lowest BCUT2D eigenvalue weighted by atomic mass is 9.44. The smallest absolute Gasteiger partial charge is 0.213 e. The topological polar surface area (TPSA) is 72.8 Å². The van der Waals surface area contributed by atoms with Crippen LogP contribution in [0.5, 0.6) is 0 Å². The van der Waals surface area contributed by atoms with Gasteiger partial charge in [0.2, 0.25) is 5.78 Å². The lowest BCUT2D eigenvalue weighted by Crippen LogP contribution is -2.71. The minimum atomic E-state index is -2.46. The van der Waals surface area contributed by atoms with Crippen molar-refractivity contribution >= 4 is 23.2 Å². The van der Waals surface area contributed by atoms with E-state index in [0.29, 0.717) is 0 Å².